The molecule has 0 aliphatic rings. The van der Waals surface area contributed by atoms with E-state index >= 15 is 0 Å². The Labute approximate surface area is 143 Å². The fourth-order valence-corrected chi connectivity index (χ4v) is 2.96. The normalized spacial score (nSPS) is 12.0. The Balaban J connectivity index is 2.37. The summed E-state index contributed by atoms with van der Waals surface area (Å²) in [5.74, 6) is 1.87. The number of aryl methyl sites for hydroxylation is 1. The number of nitrogens with two attached hydrogens (primary N) is 1. The molecule has 0 fully saturated rings. The van der Waals surface area contributed by atoms with E-state index in [9.17, 15) is 0 Å². The summed E-state index contributed by atoms with van der Waals surface area (Å²) in [7, 11) is 1.67. The van der Waals surface area contributed by atoms with Crippen LogP contribution in [0.5, 0.6) is 11.5 Å². The van der Waals surface area contributed by atoms with Crippen molar-refractivity contribution in [3.63, 3.8) is 0 Å². The lowest BCUT2D eigenvalue weighted by molar-refractivity contribution is 0.333. The predicted octanol–water partition coefficient (Wildman–Crippen LogP) is 4.34. The standard InChI is InChI=1S/C19H24ClNO2/c1-4-23-19-7-5-13(2)9-17(19)15(12-21)10-14-11-16(20)6-8-18(14)22-3/h5-9,11,15H,4,10,12,21H2,1-3H3. The molecule has 2 N–H and O–H groups in total. The van der Waals surface area contributed by atoms with Gasteiger partial charge < -0.3 is 15.2 Å². The first kappa shape index (κ1) is 17.6. The van der Waals surface area contributed by atoms with Crippen LogP contribution in [0, 0.1) is 6.92 Å². The maximum absolute atomic E-state index is 6.14. The molecule has 0 aliphatic heterocycles. The lowest BCUT2D eigenvalue weighted by Crippen LogP contribution is -2.17. The van der Waals surface area contributed by atoms with E-state index in [1.54, 1.807) is 7.11 Å². The SMILES string of the molecule is CCOc1ccc(C)cc1C(CN)Cc1cc(Cl)ccc1OC. The fourth-order valence-electron chi connectivity index (χ4n) is 2.77. The number of benzene rings is 2. The van der Waals surface area contributed by atoms with Crippen LogP contribution >= 0.6 is 11.6 Å². The zero-order valence-corrected chi connectivity index (χ0v) is 14.7. The summed E-state index contributed by atoms with van der Waals surface area (Å²) in [6.45, 7) is 5.22. The van der Waals surface area contributed by atoms with Crippen molar-refractivity contribution in [2.24, 2.45) is 5.73 Å². The third kappa shape index (κ3) is 4.40. The second-order valence-electron chi connectivity index (χ2n) is 5.57. The van der Waals surface area contributed by atoms with E-state index in [-0.39, 0.29) is 5.92 Å². The van der Waals surface area contributed by atoms with Gasteiger partial charge in [-0.15, -0.1) is 0 Å². The molecule has 2 aromatic carbocycles. The van der Waals surface area contributed by atoms with E-state index in [1.165, 1.54) is 5.56 Å². The highest BCUT2D eigenvalue weighted by Gasteiger charge is 2.18. The maximum atomic E-state index is 6.14. The second-order valence-corrected chi connectivity index (χ2v) is 6.00. The van der Waals surface area contributed by atoms with Gasteiger partial charge in [-0.2, -0.15) is 0 Å². The van der Waals surface area contributed by atoms with Crippen LogP contribution in [-0.2, 0) is 6.42 Å². The Hall–Kier alpha value is -1.71. The molecular formula is C19H24ClNO2. The zero-order valence-electron chi connectivity index (χ0n) is 13.9. The Morgan fingerprint density at radius 2 is 1.87 bits per heavy atom. The maximum Gasteiger partial charge on any atom is 0.122 e. The van der Waals surface area contributed by atoms with Gasteiger partial charge in [0.1, 0.15) is 11.5 Å². The molecule has 3 nitrogen and oxygen atoms in total. The van der Waals surface area contributed by atoms with Crippen LogP contribution in [0.2, 0.25) is 5.02 Å². The molecule has 1 atom stereocenters. The highest BCUT2D eigenvalue weighted by Crippen LogP contribution is 2.33. The Bertz CT molecular complexity index is 658. The first-order chi connectivity index (χ1) is 11.1. The molecule has 0 amide bonds. The molecule has 124 valence electrons. The van der Waals surface area contributed by atoms with E-state index in [1.807, 2.05) is 31.2 Å². The summed E-state index contributed by atoms with van der Waals surface area (Å²) in [5, 5.41) is 0.700. The van der Waals surface area contributed by atoms with Crippen LogP contribution in [-0.4, -0.2) is 20.3 Å². The van der Waals surface area contributed by atoms with Crippen molar-refractivity contribution in [1.29, 1.82) is 0 Å². The minimum Gasteiger partial charge on any atom is -0.496 e. The third-order valence-corrected chi connectivity index (χ3v) is 4.13. The van der Waals surface area contributed by atoms with E-state index in [4.69, 9.17) is 26.8 Å². The summed E-state index contributed by atoms with van der Waals surface area (Å²) < 4.78 is 11.2. The molecule has 0 aliphatic carbocycles. The van der Waals surface area contributed by atoms with Gasteiger partial charge in [-0.25, -0.2) is 0 Å². The number of methoxy groups -OCH3 is 1. The van der Waals surface area contributed by atoms with Gasteiger partial charge in [-0.1, -0.05) is 29.3 Å². The number of rotatable bonds is 7. The van der Waals surface area contributed by atoms with Crippen LogP contribution in [0.4, 0.5) is 0 Å². The topological polar surface area (TPSA) is 44.5 Å². The molecule has 4 heteroatoms. The minimum atomic E-state index is 0.142. The van der Waals surface area contributed by atoms with Gasteiger partial charge in [0.05, 0.1) is 13.7 Å². The molecule has 0 spiro atoms. The summed E-state index contributed by atoms with van der Waals surface area (Å²) >= 11 is 6.14. The number of hydrogen-bond donors (Lipinski definition) is 1. The van der Waals surface area contributed by atoms with E-state index in [0.29, 0.717) is 18.2 Å². The van der Waals surface area contributed by atoms with Crippen LogP contribution in [0.15, 0.2) is 36.4 Å². The van der Waals surface area contributed by atoms with Crippen molar-refractivity contribution in [3.05, 3.63) is 58.1 Å². The van der Waals surface area contributed by atoms with E-state index < -0.39 is 0 Å². The first-order valence-corrected chi connectivity index (χ1v) is 8.22. The van der Waals surface area contributed by atoms with Gasteiger partial charge in [0.15, 0.2) is 0 Å². The van der Waals surface area contributed by atoms with E-state index in [0.717, 1.165) is 29.0 Å². The number of ether oxygens (including phenoxy) is 2. The highest BCUT2D eigenvalue weighted by atomic mass is 35.5. The smallest absolute Gasteiger partial charge is 0.122 e. The molecule has 1 unspecified atom stereocenters. The molecular weight excluding hydrogens is 310 g/mol. The largest absolute Gasteiger partial charge is 0.496 e. The van der Waals surface area contributed by atoms with E-state index in [2.05, 4.69) is 19.1 Å². The highest BCUT2D eigenvalue weighted by molar-refractivity contribution is 6.30. The number of halogens is 1. The van der Waals surface area contributed by atoms with Crippen LogP contribution in [0.25, 0.3) is 0 Å². The Kier molecular flexibility index (Phi) is 6.31. The number of hydrogen-bond acceptors (Lipinski definition) is 3. The average molecular weight is 334 g/mol. The van der Waals surface area contributed by atoms with Gasteiger partial charge in [-0.3, -0.25) is 0 Å². The fraction of sp³-hybridized carbons (Fsp3) is 0.368. The lowest BCUT2D eigenvalue weighted by Gasteiger charge is -2.21. The summed E-state index contributed by atoms with van der Waals surface area (Å²) in [5.41, 5.74) is 9.45. The Morgan fingerprint density at radius 3 is 2.52 bits per heavy atom. The van der Waals surface area contributed by atoms with Crippen molar-refractivity contribution in [3.8, 4) is 11.5 Å². The third-order valence-electron chi connectivity index (χ3n) is 3.90. The predicted molar refractivity (Wildman–Crippen MR) is 95.9 cm³/mol. The molecule has 2 rings (SSSR count). The van der Waals surface area contributed by atoms with Gasteiger partial charge in [0, 0.05) is 10.9 Å². The zero-order chi connectivity index (χ0) is 16.8. The van der Waals surface area contributed by atoms with Crippen molar-refractivity contribution >= 4 is 11.6 Å². The van der Waals surface area contributed by atoms with Crippen molar-refractivity contribution < 1.29 is 9.47 Å². The van der Waals surface area contributed by atoms with Gasteiger partial charge in [-0.05, 0) is 62.2 Å². The van der Waals surface area contributed by atoms with Gasteiger partial charge >= 0.3 is 0 Å². The molecule has 0 saturated heterocycles. The van der Waals surface area contributed by atoms with Crippen molar-refractivity contribution in [2.75, 3.05) is 20.3 Å². The monoisotopic (exact) mass is 333 g/mol. The summed E-state index contributed by atoms with van der Waals surface area (Å²) in [6, 6.07) is 11.9. The summed E-state index contributed by atoms with van der Waals surface area (Å²) in [4.78, 5) is 0. The van der Waals surface area contributed by atoms with Crippen LogP contribution in [0.3, 0.4) is 0 Å². The molecule has 23 heavy (non-hydrogen) atoms. The molecule has 0 radical (unpaired) electrons. The van der Waals surface area contributed by atoms with Crippen molar-refractivity contribution in [2.45, 2.75) is 26.2 Å². The quantitative estimate of drug-likeness (QED) is 0.819. The van der Waals surface area contributed by atoms with Gasteiger partial charge in [0.25, 0.3) is 0 Å². The molecule has 2 aromatic rings. The average Bonchev–Trinajstić information content (AvgIpc) is 2.54. The molecule has 0 saturated carbocycles. The first-order valence-electron chi connectivity index (χ1n) is 7.84. The molecule has 0 aromatic heterocycles. The molecule has 0 heterocycles. The minimum absolute atomic E-state index is 0.142. The van der Waals surface area contributed by atoms with Crippen molar-refractivity contribution in [1.82, 2.24) is 0 Å². The lowest BCUT2D eigenvalue weighted by atomic mass is 9.90. The van der Waals surface area contributed by atoms with Crippen LogP contribution < -0.4 is 15.2 Å². The van der Waals surface area contributed by atoms with Crippen LogP contribution in [0.1, 0.15) is 29.5 Å². The molecule has 0 bridgehead atoms. The summed E-state index contributed by atoms with van der Waals surface area (Å²) in [6.07, 6.45) is 0.754. The van der Waals surface area contributed by atoms with Gasteiger partial charge in [0.2, 0.25) is 0 Å². The Morgan fingerprint density at radius 1 is 1.13 bits per heavy atom. The second kappa shape index (κ2) is 8.23.